The predicted octanol–water partition coefficient (Wildman–Crippen LogP) is 2.95. The molecule has 0 saturated carbocycles. The zero-order valence-electron chi connectivity index (χ0n) is 19.5. The molecule has 2 aliphatic heterocycles. The van der Waals surface area contributed by atoms with Gasteiger partial charge < -0.3 is 25.4 Å². The number of nitrogens with one attached hydrogen (secondary N) is 2. The lowest BCUT2D eigenvalue weighted by molar-refractivity contribution is 0.0811. The highest BCUT2D eigenvalue weighted by molar-refractivity contribution is 5.94. The molecule has 2 saturated heterocycles. The number of carbonyl (C=O) groups excluding carboxylic acids is 2. The normalized spacial score (nSPS) is 21.0. The molecule has 2 aromatic rings. The number of carbonyl (C=O) groups is 2. The van der Waals surface area contributed by atoms with E-state index in [0.29, 0.717) is 37.2 Å². The lowest BCUT2D eigenvalue weighted by Gasteiger charge is -2.27. The second-order valence-electron chi connectivity index (χ2n) is 8.95. The number of anilines is 1. The smallest absolute Gasteiger partial charge is 0.321 e. The molecule has 8 heteroatoms. The van der Waals surface area contributed by atoms with Crippen molar-refractivity contribution in [3.63, 3.8) is 0 Å². The summed E-state index contributed by atoms with van der Waals surface area (Å²) in [4.78, 5) is 29.6. The Balaban J connectivity index is 1.29. The van der Waals surface area contributed by atoms with Crippen LogP contribution in [0.15, 0.2) is 54.6 Å². The van der Waals surface area contributed by atoms with Gasteiger partial charge in [0.2, 0.25) is 0 Å². The number of amides is 3. The van der Waals surface area contributed by atoms with E-state index in [-0.39, 0.29) is 18.5 Å². The molecular weight excluding hydrogens is 432 g/mol. The summed E-state index contributed by atoms with van der Waals surface area (Å²) in [5.74, 6) is 0.451. The second kappa shape index (κ2) is 11.9. The lowest BCUT2D eigenvalue weighted by atomic mass is 10.1. The fourth-order valence-electron chi connectivity index (χ4n) is 4.45. The first-order chi connectivity index (χ1) is 16.6. The second-order valence-corrected chi connectivity index (χ2v) is 8.95. The van der Waals surface area contributed by atoms with E-state index < -0.39 is 12.1 Å². The summed E-state index contributed by atoms with van der Waals surface area (Å²) in [7, 11) is 0. The molecule has 3 amide bonds. The van der Waals surface area contributed by atoms with Crippen LogP contribution < -0.4 is 15.4 Å². The Labute approximate surface area is 200 Å². The van der Waals surface area contributed by atoms with E-state index in [0.717, 1.165) is 25.4 Å². The molecule has 2 atom stereocenters. The third kappa shape index (κ3) is 6.71. The third-order valence-electron chi connectivity index (χ3n) is 6.43. The van der Waals surface area contributed by atoms with Crippen molar-refractivity contribution in [1.82, 2.24) is 15.1 Å². The summed E-state index contributed by atoms with van der Waals surface area (Å²) in [6.07, 6.45) is 2.99. The van der Waals surface area contributed by atoms with Gasteiger partial charge in [0.05, 0.1) is 12.1 Å². The van der Waals surface area contributed by atoms with Crippen LogP contribution in [0.5, 0.6) is 5.75 Å². The number of ether oxygens (including phenoxy) is 1. The van der Waals surface area contributed by atoms with E-state index in [9.17, 15) is 14.7 Å². The standard InChI is InChI=1S/C26H34N4O4/c31-24-9-6-16-30(26(33)27-21-7-2-1-3-8-21)19-23(24)28-25(32)20-10-12-22(13-11-20)34-18-17-29-14-4-5-15-29/h1-3,7-8,10-13,23-24,31H,4-6,9,14-19H2,(H,27,33)(H,28,32)/t23-,24-/m1/s1. The van der Waals surface area contributed by atoms with Crippen molar-refractivity contribution in [3.8, 4) is 5.75 Å². The predicted molar refractivity (Wildman–Crippen MR) is 131 cm³/mol. The Morgan fingerprint density at radius 3 is 2.44 bits per heavy atom. The van der Waals surface area contributed by atoms with E-state index in [1.165, 1.54) is 12.8 Å². The van der Waals surface area contributed by atoms with Crippen LogP contribution >= 0.6 is 0 Å². The molecule has 0 aliphatic carbocycles. The van der Waals surface area contributed by atoms with Gasteiger partial charge in [-0.2, -0.15) is 0 Å². The van der Waals surface area contributed by atoms with Crippen molar-refractivity contribution in [2.75, 3.05) is 44.6 Å². The van der Waals surface area contributed by atoms with E-state index >= 15 is 0 Å². The van der Waals surface area contributed by atoms with E-state index in [1.807, 2.05) is 30.3 Å². The number of urea groups is 1. The SMILES string of the molecule is O=C(N[C@@H]1CN(C(=O)Nc2ccccc2)CCC[C@H]1O)c1ccc(OCCN2CCCC2)cc1. The van der Waals surface area contributed by atoms with Gasteiger partial charge in [0.15, 0.2) is 0 Å². The van der Waals surface area contributed by atoms with Crippen molar-refractivity contribution >= 4 is 17.6 Å². The molecule has 0 aromatic heterocycles. The van der Waals surface area contributed by atoms with Gasteiger partial charge in [0.1, 0.15) is 12.4 Å². The van der Waals surface area contributed by atoms with Gasteiger partial charge in [0.25, 0.3) is 5.91 Å². The van der Waals surface area contributed by atoms with Crippen molar-refractivity contribution in [2.24, 2.45) is 0 Å². The Morgan fingerprint density at radius 1 is 0.971 bits per heavy atom. The van der Waals surface area contributed by atoms with Crippen molar-refractivity contribution in [1.29, 1.82) is 0 Å². The maximum atomic E-state index is 12.8. The van der Waals surface area contributed by atoms with Crippen LogP contribution in [0.1, 0.15) is 36.0 Å². The van der Waals surface area contributed by atoms with Crippen LogP contribution in [0.4, 0.5) is 10.5 Å². The van der Waals surface area contributed by atoms with Gasteiger partial charge in [-0.1, -0.05) is 18.2 Å². The van der Waals surface area contributed by atoms with Gasteiger partial charge in [-0.15, -0.1) is 0 Å². The summed E-state index contributed by atoms with van der Waals surface area (Å²) in [5, 5.41) is 16.4. The minimum absolute atomic E-state index is 0.239. The highest BCUT2D eigenvalue weighted by Gasteiger charge is 2.29. The van der Waals surface area contributed by atoms with Gasteiger partial charge in [-0.3, -0.25) is 9.69 Å². The number of hydrogen-bond donors (Lipinski definition) is 3. The summed E-state index contributed by atoms with van der Waals surface area (Å²) >= 11 is 0. The molecule has 2 aliphatic rings. The quantitative estimate of drug-likeness (QED) is 0.583. The van der Waals surface area contributed by atoms with Gasteiger partial charge in [-0.25, -0.2) is 4.79 Å². The van der Waals surface area contributed by atoms with Gasteiger partial charge in [0, 0.05) is 30.9 Å². The van der Waals surface area contributed by atoms with Crippen LogP contribution in [0.2, 0.25) is 0 Å². The van der Waals surface area contributed by atoms with Gasteiger partial charge in [-0.05, 0) is 75.2 Å². The Kier molecular flexibility index (Phi) is 8.38. The minimum Gasteiger partial charge on any atom is -0.492 e. The summed E-state index contributed by atoms with van der Waals surface area (Å²) in [6.45, 7) is 4.58. The number of nitrogens with zero attached hydrogens (tertiary/aromatic N) is 2. The molecule has 4 rings (SSSR count). The van der Waals surface area contributed by atoms with E-state index in [2.05, 4.69) is 15.5 Å². The maximum absolute atomic E-state index is 12.8. The number of aliphatic hydroxyl groups excluding tert-OH is 1. The largest absolute Gasteiger partial charge is 0.492 e. The van der Waals surface area contributed by atoms with Crippen LogP contribution in [-0.4, -0.2) is 78.3 Å². The van der Waals surface area contributed by atoms with Crippen LogP contribution in [0.25, 0.3) is 0 Å². The highest BCUT2D eigenvalue weighted by Crippen LogP contribution is 2.17. The van der Waals surface area contributed by atoms with Crippen molar-refractivity contribution < 1.29 is 19.4 Å². The average Bonchev–Trinajstić information content (AvgIpc) is 3.30. The van der Waals surface area contributed by atoms with Crippen molar-refractivity contribution in [2.45, 2.75) is 37.8 Å². The number of para-hydroxylation sites is 1. The molecule has 0 radical (unpaired) electrons. The van der Waals surface area contributed by atoms with Crippen LogP contribution in [-0.2, 0) is 0 Å². The maximum Gasteiger partial charge on any atom is 0.321 e. The van der Waals surface area contributed by atoms with Crippen LogP contribution in [0.3, 0.4) is 0 Å². The average molecular weight is 467 g/mol. The van der Waals surface area contributed by atoms with Gasteiger partial charge >= 0.3 is 6.03 Å². The molecular formula is C26H34N4O4. The van der Waals surface area contributed by atoms with E-state index in [1.54, 1.807) is 29.2 Å². The Hall–Kier alpha value is -3.10. The minimum atomic E-state index is -0.716. The topological polar surface area (TPSA) is 94.1 Å². The fourth-order valence-corrected chi connectivity index (χ4v) is 4.45. The zero-order valence-corrected chi connectivity index (χ0v) is 19.5. The molecule has 2 fully saturated rings. The number of likely N-dealkylation sites (tertiary alicyclic amines) is 2. The number of benzene rings is 2. The number of aliphatic hydroxyl groups is 1. The summed E-state index contributed by atoms with van der Waals surface area (Å²) < 4.78 is 5.81. The summed E-state index contributed by atoms with van der Waals surface area (Å²) in [5.41, 5.74) is 1.20. The highest BCUT2D eigenvalue weighted by atomic mass is 16.5. The molecule has 2 aromatic carbocycles. The first kappa shape index (κ1) is 24.0. The molecule has 8 nitrogen and oxygen atoms in total. The first-order valence-corrected chi connectivity index (χ1v) is 12.1. The summed E-state index contributed by atoms with van der Waals surface area (Å²) in [6, 6.07) is 15.5. The first-order valence-electron chi connectivity index (χ1n) is 12.1. The molecule has 3 N–H and O–H groups in total. The Bertz CT molecular complexity index is 932. The Morgan fingerprint density at radius 2 is 1.71 bits per heavy atom. The number of hydrogen-bond acceptors (Lipinski definition) is 5. The molecule has 182 valence electrons. The number of rotatable bonds is 7. The van der Waals surface area contributed by atoms with E-state index in [4.69, 9.17) is 4.74 Å². The van der Waals surface area contributed by atoms with Crippen molar-refractivity contribution in [3.05, 3.63) is 60.2 Å². The molecule has 0 spiro atoms. The molecule has 34 heavy (non-hydrogen) atoms. The third-order valence-corrected chi connectivity index (χ3v) is 6.43. The monoisotopic (exact) mass is 466 g/mol. The lowest BCUT2D eigenvalue weighted by Crippen LogP contribution is -2.50. The zero-order chi connectivity index (χ0) is 23.8. The molecule has 0 bridgehead atoms. The molecule has 0 unspecified atom stereocenters. The fraction of sp³-hybridized carbons (Fsp3) is 0.462. The van der Waals surface area contributed by atoms with Crippen LogP contribution in [0, 0.1) is 0 Å². The molecule has 2 heterocycles.